The van der Waals surface area contributed by atoms with Crippen molar-refractivity contribution in [3.8, 4) is 6.07 Å². The number of anilines is 2. The van der Waals surface area contributed by atoms with Crippen LogP contribution in [0, 0.1) is 11.3 Å². The molecule has 0 atom stereocenters. The lowest BCUT2D eigenvalue weighted by atomic mass is 10.1. The van der Waals surface area contributed by atoms with Crippen molar-refractivity contribution in [2.75, 3.05) is 17.7 Å². The zero-order valence-corrected chi connectivity index (χ0v) is 11.4. The molecule has 2 N–H and O–H groups in total. The van der Waals surface area contributed by atoms with Crippen molar-refractivity contribution in [3.05, 3.63) is 58.6 Å². The number of nitrogens with two attached hydrogens (primary N) is 1. The van der Waals surface area contributed by atoms with Gasteiger partial charge >= 0.3 is 0 Å². The second-order valence-electron chi connectivity index (χ2n) is 4.37. The largest absolute Gasteiger partial charge is 0.398 e. The van der Waals surface area contributed by atoms with Gasteiger partial charge in [-0.25, -0.2) is 0 Å². The first-order chi connectivity index (χ1) is 9.10. The van der Waals surface area contributed by atoms with Gasteiger partial charge in [0, 0.05) is 30.0 Å². The Balaban J connectivity index is 2.21. The zero-order chi connectivity index (χ0) is 13.8. The molecule has 19 heavy (non-hydrogen) atoms. The van der Waals surface area contributed by atoms with E-state index in [1.807, 2.05) is 42.3 Å². The number of hydrogen-bond acceptors (Lipinski definition) is 3. The first-order valence-corrected chi connectivity index (χ1v) is 6.23. The molecule has 0 saturated carbocycles. The topological polar surface area (TPSA) is 53.0 Å². The fraction of sp³-hybridized carbons (Fsp3) is 0.133. The van der Waals surface area contributed by atoms with Crippen LogP contribution in [0.2, 0.25) is 5.02 Å². The van der Waals surface area contributed by atoms with E-state index in [1.54, 1.807) is 12.1 Å². The van der Waals surface area contributed by atoms with E-state index in [0.29, 0.717) is 11.3 Å². The van der Waals surface area contributed by atoms with Gasteiger partial charge in [-0.05, 0) is 35.9 Å². The molecule has 0 aliphatic heterocycles. The maximum Gasteiger partial charge on any atom is 0.101 e. The Kier molecular flexibility index (Phi) is 3.94. The van der Waals surface area contributed by atoms with E-state index in [1.165, 1.54) is 0 Å². The normalized spacial score (nSPS) is 9.95. The lowest BCUT2D eigenvalue weighted by molar-refractivity contribution is 0.923. The van der Waals surface area contributed by atoms with Crippen molar-refractivity contribution in [3.63, 3.8) is 0 Å². The molecular formula is C15H14ClN3. The van der Waals surface area contributed by atoms with Crippen LogP contribution < -0.4 is 10.6 Å². The van der Waals surface area contributed by atoms with Gasteiger partial charge < -0.3 is 10.6 Å². The lowest BCUT2D eigenvalue weighted by Gasteiger charge is -2.20. The number of hydrogen-bond donors (Lipinski definition) is 1. The summed E-state index contributed by atoms with van der Waals surface area (Å²) in [4.78, 5) is 2.05. The van der Waals surface area contributed by atoms with E-state index in [9.17, 15) is 0 Å². The van der Waals surface area contributed by atoms with Crippen LogP contribution in [-0.4, -0.2) is 7.05 Å². The third-order valence-corrected chi connectivity index (χ3v) is 3.14. The molecule has 4 heteroatoms. The van der Waals surface area contributed by atoms with E-state index in [4.69, 9.17) is 22.6 Å². The van der Waals surface area contributed by atoms with E-state index < -0.39 is 0 Å². The fourth-order valence-corrected chi connectivity index (χ4v) is 2.09. The van der Waals surface area contributed by atoms with E-state index in [0.717, 1.165) is 22.8 Å². The highest BCUT2D eigenvalue weighted by Crippen LogP contribution is 2.22. The molecular weight excluding hydrogens is 258 g/mol. The van der Waals surface area contributed by atoms with Crippen LogP contribution in [-0.2, 0) is 6.54 Å². The van der Waals surface area contributed by atoms with Gasteiger partial charge in [-0.1, -0.05) is 23.7 Å². The summed E-state index contributed by atoms with van der Waals surface area (Å²) in [7, 11) is 1.97. The number of rotatable bonds is 3. The van der Waals surface area contributed by atoms with Crippen molar-refractivity contribution in [2.45, 2.75) is 6.54 Å². The number of nitriles is 1. The standard InChI is InChI=1S/C15H14ClN3/c1-19(10-11-3-2-4-13(16)7-11)14-5-6-15(18)12(8-14)9-17/h2-8H,10,18H2,1H3. The molecule has 0 spiro atoms. The smallest absolute Gasteiger partial charge is 0.101 e. The Morgan fingerprint density at radius 3 is 2.74 bits per heavy atom. The average molecular weight is 272 g/mol. The number of nitrogen functional groups attached to an aromatic ring is 1. The number of benzene rings is 2. The van der Waals surface area contributed by atoms with Gasteiger partial charge in [0.15, 0.2) is 0 Å². The summed E-state index contributed by atoms with van der Waals surface area (Å²) in [6.07, 6.45) is 0. The molecule has 0 amide bonds. The van der Waals surface area contributed by atoms with Gasteiger partial charge in [-0.15, -0.1) is 0 Å². The number of halogens is 1. The van der Waals surface area contributed by atoms with Gasteiger partial charge in [0.1, 0.15) is 6.07 Å². The van der Waals surface area contributed by atoms with Crippen LogP contribution in [0.3, 0.4) is 0 Å². The van der Waals surface area contributed by atoms with Gasteiger partial charge in [0.25, 0.3) is 0 Å². The first kappa shape index (κ1) is 13.3. The summed E-state index contributed by atoms with van der Waals surface area (Å²) >= 11 is 5.96. The molecule has 0 aliphatic carbocycles. The Bertz CT molecular complexity index is 632. The van der Waals surface area contributed by atoms with Gasteiger partial charge in [0.05, 0.1) is 5.56 Å². The minimum Gasteiger partial charge on any atom is -0.398 e. The van der Waals surface area contributed by atoms with E-state index >= 15 is 0 Å². The van der Waals surface area contributed by atoms with Gasteiger partial charge in [-0.3, -0.25) is 0 Å². The first-order valence-electron chi connectivity index (χ1n) is 5.85. The predicted octanol–water partition coefficient (Wildman–Crippen LogP) is 3.43. The Labute approximate surface area is 117 Å². The van der Waals surface area contributed by atoms with Crippen molar-refractivity contribution >= 4 is 23.0 Å². The molecule has 0 radical (unpaired) electrons. The molecule has 0 unspecified atom stereocenters. The summed E-state index contributed by atoms with van der Waals surface area (Å²) in [6, 6.07) is 15.3. The average Bonchev–Trinajstić information content (AvgIpc) is 2.39. The summed E-state index contributed by atoms with van der Waals surface area (Å²) in [6.45, 7) is 0.718. The van der Waals surface area contributed by atoms with Crippen molar-refractivity contribution in [1.82, 2.24) is 0 Å². The SMILES string of the molecule is CN(Cc1cccc(Cl)c1)c1ccc(N)c(C#N)c1. The maximum absolute atomic E-state index is 8.98. The third kappa shape index (κ3) is 3.18. The van der Waals surface area contributed by atoms with Crippen LogP contribution in [0.5, 0.6) is 0 Å². The minimum absolute atomic E-state index is 0.496. The zero-order valence-electron chi connectivity index (χ0n) is 10.6. The highest BCUT2D eigenvalue weighted by molar-refractivity contribution is 6.30. The van der Waals surface area contributed by atoms with Crippen molar-refractivity contribution in [1.29, 1.82) is 5.26 Å². The molecule has 3 nitrogen and oxygen atoms in total. The molecule has 0 heterocycles. The minimum atomic E-state index is 0.496. The highest BCUT2D eigenvalue weighted by Gasteiger charge is 2.06. The molecule has 0 saturated heterocycles. The molecule has 0 aromatic heterocycles. The van der Waals surface area contributed by atoms with Crippen LogP contribution in [0.4, 0.5) is 11.4 Å². The van der Waals surface area contributed by atoms with Crippen LogP contribution in [0.25, 0.3) is 0 Å². The number of nitrogens with zero attached hydrogens (tertiary/aromatic N) is 2. The fourth-order valence-electron chi connectivity index (χ4n) is 1.88. The second-order valence-corrected chi connectivity index (χ2v) is 4.81. The Morgan fingerprint density at radius 2 is 2.05 bits per heavy atom. The molecule has 2 aromatic rings. The van der Waals surface area contributed by atoms with E-state index in [2.05, 4.69) is 6.07 Å². The predicted molar refractivity (Wildman–Crippen MR) is 79.1 cm³/mol. The molecule has 0 fully saturated rings. The summed E-state index contributed by atoms with van der Waals surface area (Å²) in [5, 5.41) is 9.71. The van der Waals surface area contributed by atoms with E-state index in [-0.39, 0.29) is 0 Å². The van der Waals surface area contributed by atoms with Crippen LogP contribution in [0.15, 0.2) is 42.5 Å². The van der Waals surface area contributed by atoms with Crippen LogP contribution in [0.1, 0.15) is 11.1 Å². The van der Waals surface area contributed by atoms with Gasteiger partial charge in [0.2, 0.25) is 0 Å². The lowest BCUT2D eigenvalue weighted by Crippen LogP contribution is -2.16. The van der Waals surface area contributed by atoms with Crippen LogP contribution >= 0.6 is 11.6 Å². The quantitative estimate of drug-likeness (QED) is 0.870. The van der Waals surface area contributed by atoms with Crippen molar-refractivity contribution in [2.24, 2.45) is 0 Å². The highest BCUT2D eigenvalue weighted by atomic mass is 35.5. The van der Waals surface area contributed by atoms with Gasteiger partial charge in [-0.2, -0.15) is 5.26 Å². The monoisotopic (exact) mass is 271 g/mol. The Hall–Kier alpha value is -2.18. The molecule has 96 valence electrons. The summed E-state index contributed by atoms with van der Waals surface area (Å²) in [5.74, 6) is 0. The van der Waals surface area contributed by atoms with Crippen molar-refractivity contribution < 1.29 is 0 Å². The maximum atomic E-state index is 8.98. The Morgan fingerprint density at radius 1 is 1.26 bits per heavy atom. The molecule has 2 aromatic carbocycles. The molecule has 0 aliphatic rings. The molecule has 0 bridgehead atoms. The third-order valence-electron chi connectivity index (χ3n) is 2.91. The second kappa shape index (κ2) is 5.64. The summed E-state index contributed by atoms with van der Waals surface area (Å²) in [5.41, 5.74) is 8.78. The summed E-state index contributed by atoms with van der Waals surface area (Å²) < 4.78 is 0. The molecule has 2 rings (SSSR count).